The van der Waals surface area contributed by atoms with Crippen molar-refractivity contribution in [2.45, 2.75) is 19.9 Å². The van der Waals surface area contributed by atoms with Crippen LogP contribution in [-0.4, -0.2) is 33.3 Å². The zero-order chi connectivity index (χ0) is 18.8. The van der Waals surface area contributed by atoms with Crippen LogP contribution in [0.5, 0.6) is 11.5 Å². The van der Waals surface area contributed by atoms with Gasteiger partial charge in [0.2, 0.25) is 0 Å². The number of ether oxygens (including phenoxy) is 2. The number of guanidine groups is 1. The van der Waals surface area contributed by atoms with Crippen molar-refractivity contribution in [1.82, 2.24) is 10.6 Å². The fourth-order valence-corrected chi connectivity index (χ4v) is 2.69. The summed E-state index contributed by atoms with van der Waals surface area (Å²) in [7, 11) is 3.28. The molecule has 5 nitrogen and oxygen atoms in total. The summed E-state index contributed by atoms with van der Waals surface area (Å²) in [5.41, 5.74) is 2.17. The van der Waals surface area contributed by atoms with Crippen molar-refractivity contribution in [3.8, 4) is 11.5 Å². The van der Waals surface area contributed by atoms with Gasteiger partial charge in [-0.1, -0.05) is 35.9 Å². The van der Waals surface area contributed by atoms with E-state index in [9.17, 15) is 0 Å². The van der Waals surface area contributed by atoms with Crippen molar-refractivity contribution in [3.63, 3.8) is 0 Å². The SMILES string of the molecule is CCNC(=NCc1ccccc1Cl)NCCc1ccc(OC)c(OC)c1. The Labute approximate surface area is 160 Å². The van der Waals surface area contributed by atoms with E-state index < -0.39 is 0 Å². The van der Waals surface area contributed by atoms with Gasteiger partial charge < -0.3 is 20.1 Å². The quantitative estimate of drug-likeness (QED) is 0.546. The Morgan fingerprint density at radius 1 is 1.04 bits per heavy atom. The van der Waals surface area contributed by atoms with Crippen LogP contribution in [0.1, 0.15) is 18.1 Å². The van der Waals surface area contributed by atoms with Crippen LogP contribution >= 0.6 is 11.6 Å². The van der Waals surface area contributed by atoms with Gasteiger partial charge in [-0.25, -0.2) is 4.99 Å². The summed E-state index contributed by atoms with van der Waals surface area (Å²) < 4.78 is 10.6. The fourth-order valence-electron chi connectivity index (χ4n) is 2.49. The number of nitrogens with one attached hydrogen (secondary N) is 2. The highest BCUT2D eigenvalue weighted by Crippen LogP contribution is 2.27. The van der Waals surface area contributed by atoms with Gasteiger partial charge in [-0.05, 0) is 42.7 Å². The molecule has 6 heteroatoms. The molecule has 2 aromatic rings. The monoisotopic (exact) mass is 375 g/mol. The second-order valence-corrected chi connectivity index (χ2v) is 6.06. The molecule has 0 aliphatic heterocycles. The van der Waals surface area contributed by atoms with Crippen molar-refractivity contribution in [2.75, 3.05) is 27.3 Å². The zero-order valence-electron chi connectivity index (χ0n) is 15.5. The average Bonchev–Trinajstić information content (AvgIpc) is 2.67. The molecule has 0 radical (unpaired) electrons. The number of rotatable bonds is 8. The average molecular weight is 376 g/mol. The molecule has 0 saturated carbocycles. The summed E-state index contributed by atoms with van der Waals surface area (Å²) in [6, 6.07) is 13.7. The number of halogens is 1. The number of nitrogens with zero attached hydrogens (tertiary/aromatic N) is 1. The lowest BCUT2D eigenvalue weighted by atomic mass is 10.1. The molecule has 140 valence electrons. The van der Waals surface area contributed by atoms with E-state index in [1.807, 2.05) is 49.4 Å². The minimum Gasteiger partial charge on any atom is -0.493 e. The van der Waals surface area contributed by atoms with Crippen LogP contribution < -0.4 is 20.1 Å². The van der Waals surface area contributed by atoms with Crippen LogP contribution in [-0.2, 0) is 13.0 Å². The van der Waals surface area contributed by atoms with Crippen molar-refractivity contribution in [1.29, 1.82) is 0 Å². The third kappa shape index (κ3) is 5.85. The van der Waals surface area contributed by atoms with Gasteiger partial charge in [-0.3, -0.25) is 0 Å². The van der Waals surface area contributed by atoms with Crippen molar-refractivity contribution >= 4 is 17.6 Å². The first-order valence-corrected chi connectivity index (χ1v) is 9.02. The molecule has 0 spiro atoms. The lowest BCUT2D eigenvalue weighted by molar-refractivity contribution is 0.354. The Morgan fingerprint density at radius 3 is 2.50 bits per heavy atom. The largest absolute Gasteiger partial charge is 0.493 e. The number of hydrogen-bond donors (Lipinski definition) is 2. The molecule has 2 N–H and O–H groups in total. The van der Waals surface area contributed by atoms with Crippen molar-refractivity contribution in [3.05, 3.63) is 58.6 Å². The Morgan fingerprint density at radius 2 is 1.81 bits per heavy atom. The van der Waals surface area contributed by atoms with Gasteiger partial charge in [-0.2, -0.15) is 0 Å². The normalized spacial score (nSPS) is 11.2. The first kappa shape index (κ1) is 19.9. The van der Waals surface area contributed by atoms with Gasteiger partial charge in [0.1, 0.15) is 0 Å². The highest BCUT2D eigenvalue weighted by Gasteiger charge is 2.05. The second-order valence-electron chi connectivity index (χ2n) is 5.65. The molecule has 0 amide bonds. The highest BCUT2D eigenvalue weighted by atomic mass is 35.5. The van der Waals surface area contributed by atoms with Crippen LogP contribution in [0.2, 0.25) is 5.02 Å². The number of aliphatic imine (C=N–C) groups is 1. The van der Waals surface area contributed by atoms with E-state index in [1.54, 1.807) is 14.2 Å². The van der Waals surface area contributed by atoms with Gasteiger partial charge in [0, 0.05) is 18.1 Å². The Hall–Kier alpha value is -2.40. The van der Waals surface area contributed by atoms with Crippen molar-refractivity contribution < 1.29 is 9.47 Å². The number of hydrogen-bond acceptors (Lipinski definition) is 3. The minimum atomic E-state index is 0.533. The minimum absolute atomic E-state index is 0.533. The Balaban J connectivity index is 1.94. The first-order chi connectivity index (χ1) is 12.7. The molecule has 2 aromatic carbocycles. The summed E-state index contributed by atoms with van der Waals surface area (Å²) in [6.07, 6.45) is 0.844. The van der Waals surface area contributed by atoms with E-state index in [0.29, 0.717) is 6.54 Å². The molecule has 0 aromatic heterocycles. The molecule has 2 rings (SSSR count). The molecule has 0 heterocycles. The summed E-state index contributed by atoms with van der Waals surface area (Å²) >= 11 is 6.19. The lowest BCUT2D eigenvalue weighted by Gasteiger charge is -2.13. The van der Waals surface area contributed by atoms with E-state index in [2.05, 4.69) is 15.6 Å². The van der Waals surface area contributed by atoms with Gasteiger partial charge in [0.25, 0.3) is 0 Å². The molecule has 0 fully saturated rings. The molecule has 0 aliphatic rings. The molecular weight excluding hydrogens is 350 g/mol. The van der Waals surface area contributed by atoms with Crippen LogP contribution in [0.4, 0.5) is 0 Å². The first-order valence-electron chi connectivity index (χ1n) is 8.64. The Bertz CT molecular complexity index is 735. The van der Waals surface area contributed by atoms with E-state index >= 15 is 0 Å². The third-order valence-corrected chi connectivity index (χ3v) is 4.23. The molecule has 0 aliphatic carbocycles. The summed E-state index contributed by atoms with van der Waals surface area (Å²) in [5, 5.41) is 7.33. The number of methoxy groups -OCH3 is 2. The van der Waals surface area contributed by atoms with Crippen molar-refractivity contribution in [2.24, 2.45) is 4.99 Å². The smallest absolute Gasteiger partial charge is 0.191 e. The molecule has 0 saturated heterocycles. The van der Waals surface area contributed by atoms with E-state index in [0.717, 1.165) is 53.1 Å². The van der Waals surface area contributed by atoms with Crippen LogP contribution in [0.3, 0.4) is 0 Å². The summed E-state index contributed by atoms with van der Waals surface area (Å²) in [4.78, 5) is 4.60. The molecule has 0 bridgehead atoms. The Kier molecular flexibility index (Phi) is 8.09. The highest BCUT2D eigenvalue weighted by molar-refractivity contribution is 6.31. The maximum atomic E-state index is 6.19. The van der Waals surface area contributed by atoms with Gasteiger partial charge >= 0.3 is 0 Å². The molecular formula is C20H26ClN3O2. The topological polar surface area (TPSA) is 54.9 Å². The molecule has 0 unspecified atom stereocenters. The van der Waals surface area contributed by atoms with E-state index in [-0.39, 0.29) is 0 Å². The lowest BCUT2D eigenvalue weighted by Crippen LogP contribution is -2.38. The van der Waals surface area contributed by atoms with E-state index in [4.69, 9.17) is 21.1 Å². The summed E-state index contributed by atoms with van der Waals surface area (Å²) in [6.45, 7) is 4.13. The number of benzene rings is 2. The van der Waals surface area contributed by atoms with E-state index in [1.165, 1.54) is 0 Å². The maximum Gasteiger partial charge on any atom is 0.191 e. The predicted molar refractivity (Wildman–Crippen MR) is 108 cm³/mol. The molecule has 0 atom stereocenters. The summed E-state index contributed by atoms with van der Waals surface area (Å²) in [5.74, 6) is 2.25. The van der Waals surface area contributed by atoms with Gasteiger partial charge in [0.15, 0.2) is 17.5 Å². The van der Waals surface area contributed by atoms with Crippen LogP contribution in [0.15, 0.2) is 47.5 Å². The predicted octanol–water partition coefficient (Wildman–Crippen LogP) is 3.66. The van der Waals surface area contributed by atoms with Gasteiger partial charge in [-0.15, -0.1) is 0 Å². The van der Waals surface area contributed by atoms with Gasteiger partial charge in [0.05, 0.1) is 20.8 Å². The van der Waals surface area contributed by atoms with Crippen LogP contribution in [0, 0.1) is 0 Å². The van der Waals surface area contributed by atoms with Crippen LogP contribution in [0.25, 0.3) is 0 Å². The zero-order valence-corrected chi connectivity index (χ0v) is 16.3. The third-order valence-electron chi connectivity index (χ3n) is 3.86. The molecule has 26 heavy (non-hydrogen) atoms. The maximum absolute atomic E-state index is 6.19. The standard InChI is InChI=1S/C20H26ClN3O2/c1-4-22-20(24-14-16-7-5-6-8-17(16)21)23-12-11-15-9-10-18(25-2)19(13-15)26-3/h5-10,13H,4,11-12,14H2,1-3H3,(H2,22,23,24). The fraction of sp³-hybridized carbons (Fsp3) is 0.350. The second kappa shape index (κ2) is 10.6.